The first kappa shape index (κ1) is 13.7. The first-order valence-corrected chi connectivity index (χ1v) is 5.99. The van der Waals surface area contributed by atoms with Crippen LogP contribution in [0.15, 0.2) is 48.5 Å². The van der Waals surface area contributed by atoms with Gasteiger partial charge >= 0.3 is 0 Å². The molecule has 0 aliphatic carbocycles. The molecular weight excluding hydrogens is 256 g/mol. The van der Waals surface area contributed by atoms with Gasteiger partial charge in [-0.05, 0) is 35.9 Å². The Morgan fingerprint density at radius 2 is 1.85 bits per heavy atom. The normalized spacial score (nSPS) is 10.7. The Morgan fingerprint density at radius 1 is 1.10 bits per heavy atom. The van der Waals surface area contributed by atoms with Gasteiger partial charge < -0.3 is 14.9 Å². The van der Waals surface area contributed by atoms with Crippen molar-refractivity contribution >= 4 is 11.9 Å². The summed E-state index contributed by atoms with van der Waals surface area (Å²) in [6.45, 7) is 0. The summed E-state index contributed by atoms with van der Waals surface area (Å²) in [5.41, 5.74) is 1.08. The summed E-state index contributed by atoms with van der Waals surface area (Å²) in [4.78, 5) is 12.1. The third kappa shape index (κ3) is 2.98. The molecule has 0 bridgehead atoms. The van der Waals surface area contributed by atoms with Crippen LogP contribution in [-0.4, -0.2) is 23.1 Å². The van der Waals surface area contributed by atoms with E-state index in [1.54, 1.807) is 36.4 Å². The Labute approximate surface area is 116 Å². The van der Waals surface area contributed by atoms with Gasteiger partial charge in [-0.2, -0.15) is 0 Å². The number of phenolic OH excluding ortho intramolecular Hbond substituents is 2. The highest BCUT2D eigenvalue weighted by molar-refractivity contribution is 6.08. The van der Waals surface area contributed by atoms with Crippen LogP contribution in [0.2, 0.25) is 0 Å². The Hall–Kier alpha value is -2.75. The number of rotatable bonds is 4. The third-order valence-corrected chi connectivity index (χ3v) is 2.80. The fourth-order valence-electron chi connectivity index (χ4n) is 1.75. The summed E-state index contributed by atoms with van der Waals surface area (Å²) in [5, 5.41) is 18.6. The lowest BCUT2D eigenvalue weighted by molar-refractivity contribution is 0.104. The zero-order valence-electron chi connectivity index (χ0n) is 10.9. The van der Waals surface area contributed by atoms with Gasteiger partial charge in [0.2, 0.25) is 0 Å². The summed E-state index contributed by atoms with van der Waals surface area (Å²) in [5.74, 6) is -0.110. The van der Waals surface area contributed by atoms with Crippen LogP contribution >= 0.6 is 0 Å². The number of allylic oxidation sites excluding steroid dienone is 1. The van der Waals surface area contributed by atoms with Crippen molar-refractivity contribution < 1.29 is 19.7 Å². The molecule has 0 aliphatic heterocycles. The van der Waals surface area contributed by atoms with Crippen LogP contribution in [0.1, 0.15) is 15.9 Å². The highest BCUT2D eigenvalue weighted by Crippen LogP contribution is 2.25. The largest absolute Gasteiger partial charge is 0.504 e. The van der Waals surface area contributed by atoms with E-state index < -0.39 is 0 Å². The molecule has 4 heteroatoms. The molecule has 0 radical (unpaired) electrons. The lowest BCUT2D eigenvalue weighted by Gasteiger charge is -2.04. The van der Waals surface area contributed by atoms with Crippen molar-refractivity contribution in [2.75, 3.05) is 7.11 Å². The molecule has 20 heavy (non-hydrogen) atoms. The Bertz CT molecular complexity index is 659. The summed E-state index contributed by atoms with van der Waals surface area (Å²) in [6, 6.07) is 11.3. The fourth-order valence-corrected chi connectivity index (χ4v) is 1.75. The first-order valence-electron chi connectivity index (χ1n) is 5.99. The average molecular weight is 270 g/mol. The molecule has 2 N–H and O–H groups in total. The lowest BCUT2D eigenvalue weighted by Crippen LogP contribution is -1.98. The van der Waals surface area contributed by atoms with Gasteiger partial charge in [0, 0.05) is 0 Å². The molecule has 0 aromatic heterocycles. The van der Waals surface area contributed by atoms with Crippen molar-refractivity contribution in [3.8, 4) is 17.2 Å². The highest BCUT2D eigenvalue weighted by Gasteiger charge is 2.08. The van der Waals surface area contributed by atoms with Crippen LogP contribution in [0.3, 0.4) is 0 Å². The van der Waals surface area contributed by atoms with E-state index in [9.17, 15) is 15.0 Å². The van der Waals surface area contributed by atoms with E-state index >= 15 is 0 Å². The van der Waals surface area contributed by atoms with Crippen LogP contribution < -0.4 is 4.74 Å². The molecule has 0 aliphatic rings. The van der Waals surface area contributed by atoms with Crippen molar-refractivity contribution in [3.63, 3.8) is 0 Å². The molecule has 4 nitrogen and oxygen atoms in total. The number of ether oxygens (including phenoxy) is 1. The van der Waals surface area contributed by atoms with E-state index in [2.05, 4.69) is 0 Å². The number of carbonyl (C=O) groups excluding carboxylic acids is 1. The van der Waals surface area contributed by atoms with Crippen molar-refractivity contribution in [2.24, 2.45) is 0 Å². The second kappa shape index (κ2) is 5.93. The van der Waals surface area contributed by atoms with Gasteiger partial charge in [0.15, 0.2) is 17.3 Å². The molecule has 0 saturated heterocycles. The van der Waals surface area contributed by atoms with E-state index in [4.69, 9.17) is 4.74 Å². The molecule has 2 aromatic carbocycles. The van der Waals surface area contributed by atoms with Crippen LogP contribution in [0.4, 0.5) is 0 Å². The molecule has 2 rings (SSSR count). The number of ketones is 1. The van der Waals surface area contributed by atoms with E-state index in [1.165, 1.54) is 25.3 Å². The molecule has 0 saturated carbocycles. The summed E-state index contributed by atoms with van der Waals surface area (Å²) in [6.07, 6.45) is 2.96. The molecular formula is C16H14O4. The van der Waals surface area contributed by atoms with Gasteiger partial charge in [0.05, 0.1) is 12.7 Å². The predicted octanol–water partition coefficient (Wildman–Crippen LogP) is 3.00. The number of hydrogen-bond donors (Lipinski definition) is 2. The molecule has 0 unspecified atom stereocenters. The number of benzene rings is 2. The summed E-state index contributed by atoms with van der Waals surface area (Å²) in [7, 11) is 1.51. The van der Waals surface area contributed by atoms with E-state index in [-0.39, 0.29) is 17.3 Å². The number of phenols is 2. The van der Waals surface area contributed by atoms with Crippen molar-refractivity contribution in [2.45, 2.75) is 0 Å². The van der Waals surface area contributed by atoms with Gasteiger partial charge in [-0.15, -0.1) is 0 Å². The number of hydrogen-bond acceptors (Lipinski definition) is 4. The molecule has 0 amide bonds. The quantitative estimate of drug-likeness (QED) is 0.509. The van der Waals surface area contributed by atoms with Crippen molar-refractivity contribution in [3.05, 3.63) is 59.7 Å². The van der Waals surface area contributed by atoms with Gasteiger partial charge in [0.25, 0.3) is 0 Å². The second-order valence-electron chi connectivity index (χ2n) is 4.15. The molecule has 0 heterocycles. The van der Waals surface area contributed by atoms with Crippen LogP contribution in [0.5, 0.6) is 17.2 Å². The van der Waals surface area contributed by atoms with Crippen molar-refractivity contribution in [1.29, 1.82) is 0 Å². The summed E-state index contributed by atoms with van der Waals surface area (Å²) < 4.78 is 5.13. The Balaban J connectivity index is 2.22. The molecule has 0 fully saturated rings. The van der Waals surface area contributed by atoms with Gasteiger partial charge in [-0.25, -0.2) is 0 Å². The minimum Gasteiger partial charge on any atom is -0.504 e. The smallest absolute Gasteiger partial charge is 0.189 e. The van der Waals surface area contributed by atoms with Gasteiger partial charge in [0.1, 0.15) is 5.75 Å². The number of carbonyl (C=O) groups is 1. The molecule has 102 valence electrons. The van der Waals surface area contributed by atoms with Crippen LogP contribution in [0, 0.1) is 0 Å². The monoisotopic (exact) mass is 270 g/mol. The van der Waals surface area contributed by atoms with Gasteiger partial charge in [-0.1, -0.05) is 24.3 Å². The minimum absolute atomic E-state index is 0.196. The topological polar surface area (TPSA) is 66.8 Å². The average Bonchev–Trinajstić information content (AvgIpc) is 2.48. The van der Waals surface area contributed by atoms with E-state index in [0.717, 1.165) is 0 Å². The second-order valence-corrected chi connectivity index (χ2v) is 4.15. The lowest BCUT2D eigenvalue weighted by atomic mass is 10.1. The van der Waals surface area contributed by atoms with Crippen LogP contribution in [-0.2, 0) is 0 Å². The maximum Gasteiger partial charge on any atom is 0.189 e. The van der Waals surface area contributed by atoms with E-state index in [1.807, 2.05) is 0 Å². The SMILES string of the molecule is COc1ccccc1C(=O)C=Cc1ccc(O)c(O)c1. The number of para-hydroxylation sites is 1. The maximum atomic E-state index is 12.1. The Morgan fingerprint density at radius 3 is 2.55 bits per heavy atom. The van der Waals surface area contributed by atoms with Crippen LogP contribution in [0.25, 0.3) is 6.08 Å². The first-order chi connectivity index (χ1) is 9.61. The van der Waals surface area contributed by atoms with E-state index in [0.29, 0.717) is 16.9 Å². The maximum absolute atomic E-state index is 12.1. The molecule has 0 atom stereocenters. The number of methoxy groups -OCH3 is 1. The van der Waals surface area contributed by atoms with Gasteiger partial charge in [-0.3, -0.25) is 4.79 Å². The molecule has 0 spiro atoms. The fraction of sp³-hybridized carbons (Fsp3) is 0.0625. The molecule has 2 aromatic rings. The Kier molecular flexibility index (Phi) is 4.05. The highest BCUT2D eigenvalue weighted by atomic mass is 16.5. The minimum atomic E-state index is -0.225. The third-order valence-electron chi connectivity index (χ3n) is 2.80. The summed E-state index contributed by atoms with van der Waals surface area (Å²) >= 11 is 0. The zero-order valence-corrected chi connectivity index (χ0v) is 10.9. The number of aromatic hydroxyl groups is 2. The zero-order chi connectivity index (χ0) is 14.5. The predicted molar refractivity (Wildman–Crippen MR) is 76.1 cm³/mol. The standard InChI is InChI=1S/C16H14O4/c1-20-16-5-3-2-4-12(16)13(17)8-6-11-7-9-14(18)15(19)10-11/h2-10,18-19H,1H3. The van der Waals surface area contributed by atoms with Crippen molar-refractivity contribution in [1.82, 2.24) is 0 Å².